The van der Waals surface area contributed by atoms with E-state index in [1.807, 2.05) is 36.4 Å². The van der Waals surface area contributed by atoms with Gasteiger partial charge in [0.25, 0.3) is 0 Å². The Kier molecular flexibility index (Phi) is 2.57. The summed E-state index contributed by atoms with van der Waals surface area (Å²) in [7, 11) is 0. The Morgan fingerprint density at radius 2 is 1.67 bits per heavy atom. The second-order valence-electron chi connectivity index (χ2n) is 3.93. The summed E-state index contributed by atoms with van der Waals surface area (Å²) < 4.78 is 5.32. The molecule has 0 spiro atoms. The van der Waals surface area contributed by atoms with Crippen LogP contribution in [0.4, 0.5) is 0 Å². The molecule has 0 saturated heterocycles. The van der Waals surface area contributed by atoms with Gasteiger partial charge in [0.15, 0.2) is 0 Å². The van der Waals surface area contributed by atoms with Crippen molar-refractivity contribution in [1.29, 1.82) is 0 Å². The number of aromatic hydroxyl groups is 1. The van der Waals surface area contributed by atoms with E-state index in [0.717, 1.165) is 16.9 Å². The van der Waals surface area contributed by atoms with Gasteiger partial charge in [-0.3, -0.25) is 4.98 Å². The molecule has 1 N–H and O–H groups in total. The van der Waals surface area contributed by atoms with Crippen molar-refractivity contribution in [3.05, 3.63) is 61.0 Å². The molecule has 3 heteroatoms. The van der Waals surface area contributed by atoms with Gasteiger partial charge in [-0.15, -0.1) is 0 Å². The molecule has 88 valence electrons. The molecule has 3 aromatic rings. The predicted molar refractivity (Wildman–Crippen MR) is 69.0 cm³/mol. The number of hydrogen-bond donors (Lipinski definition) is 1. The van der Waals surface area contributed by atoms with Gasteiger partial charge in [-0.2, -0.15) is 0 Å². The van der Waals surface area contributed by atoms with E-state index in [-0.39, 0.29) is 5.75 Å². The van der Waals surface area contributed by atoms with E-state index in [2.05, 4.69) is 4.98 Å². The molecular weight excluding hydrogens is 226 g/mol. The molecule has 0 aliphatic carbocycles. The number of nitrogens with zero attached hydrogens (tertiary/aromatic N) is 1. The van der Waals surface area contributed by atoms with Crippen LogP contribution in [0.15, 0.2) is 65.4 Å². The molecule has 0 bridgehead atoms. The molecular formula is C15H11NO2. The molecule has 0 aliphatic rings. The normalized spacial score (nSPS) is 10.4. The molecule has 0 fully saturated rings. The molecule has 3 nitrogen and oxygen atoms in total. The van der Waals surface area contributed by atoms with Crippen LogP contribution in [0.1, 0.15) is 0 Å². The van der Waals surface area contributed by atoms with E-state index in [1.54, 1.807) is 24.6 Å². The first kappa shape index (κ1) is 10.6. The maximum absolute atomic E-state index is 9.74. The van der Waals surface area contributed by atoms with Crippen LogP contribution in [-0.2, 0) is 0 Å². The molecule has 0 radical (unpaired) electrons. The minimum absolute atomic E-state index is 0.184. The predicted octanol–water partition coefficient (Wildman–Crippen LogP) is 3.71. The number of aromatic nitrogens is 1. The van der Waals surface area contributed by atoms with Crippen molar-refractivity contribution in [3.8, 4) is 28.3 Å². The van der Waals surface area contributed by atoms with E-state index in [1.165, 1.54) is 0 Å². The first-order valence-corrected chi connectivity index (χ1v) is 5.63. The third kappa shape index (κ3) is 1.86. The Hall–Kier alpha value is -2.55. The van der Waals surface area contributed by atoms with E-state index in [0.29, 0.717) is 5.69 Å². The number of pyridine rings is 1. The van der Waals surface area contributed by atoms with Crippen LogP contribution >= 0.6 is 0 Å². The van der Waals surface area contributed by atoms with Crippen LogP contribution in [0.25, 0.3) is 22.6 Å². The van der Waals surface area contributed by atoms with Crippen molar-refractivity contribution in [2.45, 2.75) is 0 Å². The van der Waals surface area contributed by atoms with E-state index >= 15 is 0 Å². The summed E-state index contributed by atoms with van der Waals surface area (Å²) in [6.07, 6.45) is 3.31. The van der Waals surface area contributed by atoms with Crippen molar-refractivity contribution in [3.63, 3.8) is 0 Å². The first-order valence-electron chi connectivity index (χ1n) is 5.63. The highest BCUT2D eigenvalue weighted by Crippen LogP contribution is 2.28. The van der Waals surface area contributed by atoms with Gasteiger partial charge in [0.2, 0.25) is 0 Å². The molecule has 2 aromatic heterocycles. The molecule has 2 heterocycles. The van der Waals surface area contributed by atoms with Crippen molar-refractivity contribution in [2.24, 2.45) is 0 Å². The van der Waals surface area contributed by atoms with Gasteiger partial charge in [0, 0.05) is 17.3 Å². The Morgan fingerprint density at radius 1 is 0.889 bits per heavy atom. The summed E-state index contributed by atoms with van der Waals surface area (Å²) in [6, 6.07) is 14.8. The van der Waals surface area contributed by atoms with Crippen molar-refractivity contribution in [1.82, 2.24) is 4.98 Å². The zero-order valence-corrected chi connectivity index (χ0v) is 9.58. The fourth-order valence-electron chi connectivity index (χ4n) is 1.85. The highest BCUT2D eigenvalue weighted by atomic mass is 16.3. The van der Waals surface area contributed by atoms with E-state index in [9.17, 15) is 5.11 Å². The standard InChI is InChI=1S/C15H11NO2/c17-13-3-1-9-16-15(13)12-7-5-11(6-8-12)14-4-2-10-18-14/h1-10,17H. The summed E-state index contributed by atoms with van der Waals surface area (Å²) in [4.78, 5) is 4.17. The van der Waals surface area contributed by atoms with Crippen molar-refractivity contribution < 1.29 is 9.52 Å². The fraction of sp³-hybridized carbons (Fsp3) is 0. The third-order valence-electron chi connectivity index (χ3n) is 2.75. The molecule has 3 rings (SSSR count). The third-order valence-corrected chi connectivity index (χ3v) is 2.75. The van der Waals surface area contributed by atoms with Crippen LogP contribution in [0.3, 0.4) is 0 Å². The van der Waals surface area contributed by atoms with Crippen molar-refractivity contribution in [2.75, 3.05) is 0 Å². The van der Waals surface area contributed by atoms with Gasteiger partial charge in [-0.05, 0) is 24.3 Å². The monoisotopic (exact) mass is 237 g/mol. The first-order chi connectivity index (χ1) is 8.84. The summed E-state index contributed by atoms with van der Waals surface area (Å²) in [5, 5.41) is 9.74. The maximum atomic E-state index is 9.74. The fourth-order valence-corrected chi connectivity index (χ4v) is 1.85. The number of furan rings is 1. The second-order valence-corrected chi connectivity index (χ2v) is 3.93. The Labute approximate surface area is 104 Å². The Morgan fingerprint density at radius 3 is 2.33 bits per heavy atom. The lowest BCUT2D eigenvalue weighted by molar-refractivity contribution is 0.475. The highest BCUT2D eigenvalue weighted by Gasteiger charge is 2.06. The zero-order chi connectivity index (χ0) is 12.4. The molecule has 1 aromatic carbocycles. The molecule has 0 unspecified atom stereocenters. The lowest BCUT2D eigenvalue weighted by Crippen LogP contribution is -1.83. The highest BCUT2D eigenvalue weighted by molar-refractivity contribution is 5.69. The number of hydrogen-bond acceptors (Lipinski definition) is 3. The zero-order valence-electron chi connectivity index (χ0n) is 9.58. The maximum Gasteiger partial charge on any atom is 0.141 e. The largest absolute Gasteiger partial charge is 0.506 e. The minimum Gasteiger partial charge on any atom is -0.506 e. The SMILES string of the molecule is Oc1cccnc1-c1ccc(-c2ccco2)cc1. The van der Waals surface area contributed by atoms with Crippen LogP contribution in [0, 0.1) is 0 Å². The van der Waals surface area contributed by atoms with Crippen LogP contribution in [0.2, 0.25) is 0 Å². The molecule has 0 atom stereocenters. The van der Waals surface area contributed by atoms with Crippen LogP contribution in [0.5, 0.6) is 5.75 Å². The Balaban J connectivity index is 1.99. The summed E-state index contributed by atoms with van der Waals surface area (Å²) >= 11 is 0. The average molecular weight is 237 g/mol. The van der Waals surface area contributed by atoms with Gasteiger partial charge in [-0.1, -0.05) is 24.3 Å². The topological polar surface area (TPSA) is 46.3 Å². The van der Waals surface area contributed by atoms with Crippen LogP contribution < -0.4 is 0 Å². The molecule has 0 aliphatic heterocycles. The summed E-state index contributed by atoms with van der Waals surface area (Å²) in [5.74, 6) is 1.01. The quantitative estimate of drug-likeness (QED) is 0.739. The summed E-state index contributed by atoms with van der Waals surface area (Å²) in [5.41, 5.74) is 2.46. The van der Waals surface area contributed by atoms with Gasteiger partial charge in [0.1, 0.15) is 17.2 Å². The lowest BCUT2D eigenvalue weighted by Gasteiger charge is -2.04. The smallest absolute Gasteiger partial charge is 0.141 e. The second kappa shape index (κ2) is 4.37. The average Bonchev–Trinajstić information content (AvgIpc) is 2.94. The van der Waals surface area contributed by atoms with Gasteiger partial charge in [0.05, 0.1) is 6.26 Å². The van der Waals surface area contributed by atoms with Gasteiger partial charge >= 0.3 is 0 Å². The number of benzene rings is 1. The van der Waals surface area contributed by atoms with E-state index < -0.39 is 0 Å². The minimum atomic E-state index is 0.184. The molecule has 0 amide bonds. The van der Waals surface area contributed by atoms with Gasteiger partial charge in [-0.25, -0.2) is 0 Å². The Bertz CT molecular complexity index is 643. The molecule has 18 heavy (non-hydrogen) atoms. The van der Waals surface area contributed by atoms with Crippen molar-refractivity contribution >= 4 is 0 Å². The van der Waals surface area contributed by atoms with Crippen LogP contribution in [-0.4, -0.2) is 10.1 Å². The summed E-state index contributed by atoms with van der Waals surface area (Å²) in [6.45, 7) is 0. The molecule has 0 saturated carbocycles. The number of rotatable bonds is 2. The van der Waals surface area contributed by atoms with E-state index in [4.69, 9.17) is 4.42 Å². The van der Waals surface area contributed by atoms with Gasteiger partial charge < -0.3 is 9.52 Å². The lowest BCUT2D eigenvalue weighted by atomic mass is 10.1.